The van der Waals surface area contributed by atoms with Crippen LogP contribution < -0.4 is 0 Å². The molecule has 0 fully saturated rings. The van der Waals surface area contributed by atoms with E-state index in [1.165, 1.54) is 7.11 Å². The van der Waals surface area contributed by atoms with E-state index in [0.717, 1.165) is 0 Å². The third-order valence-corrected chi connectivity index (χ3v) is 0.768. The molecule has 1 N–H and O–H groups in total. The Kier molecular flexibility index (Phi) is 5.51. The second-order valence-corrected chi connectivity index (χ2v) is 1.52. The van der Waals surface area contributed by atoms with Crippen LogP contribution in [-0.2, 0) is 9.47 Å². The Balaban J connectivity index is 2.96. The average Bonchev–Trinajstić information content (AvgIpc) is 1.89. The van der Waals surface area contributed by atoms with E-state index in [2.05, 4.69) is 11.3 Å². The summed E-state index contributed by atoms with van der Waals surface area (Å²) in [7, 11) is 1.42. The molecule has 0 saturated carbocycles. The summed E-state index contributed by atoms with van der Waals surface area (Å²) in [5, 5.41) is 8.70. The lowest BCUT2D eigenvalue weighted by atomic mass is 10.6. The molecule has 0 heterocycles. The van der Waals surface area contributed by atoms with Gasteiger partial charge in [-0.1, -0.05) is 6.08 Å². The van der Waals surface area contributed by atoms with E-state index in [1.54, 1.807) is 6.08 Å². The number of aliphatic hydroxyl groups is 1. The van der Waals surface area contributed by atoms with Crippen LogP contribution in [-0.4, -0.2) is 31.7 Å². The van der Waals surface area contributed by atoms with Gasteiger partial charge < -0.3 is 14.6 Å². The van der Waals surface area contributed by atoms with Crippen LogP contribution in [0.1, 0.15) is 0 Å². The largest absolute Gasteiger partial charge is 0.372 e. The summed E-state index contributed by atoms with van der Waals surface area (Å²) >= 11 is 0. The van der Waals surface area contributed by atoms with Crippen molar-refractivity contribution in [3.8, 4) is 0 Å². The van der Waals surface area contributed by atoms with Gasteiger partial charge in [0.15, 0.2) is 6.29 Å². The Morgan fingerprint density at radius 2 is 2.44 bits per heavy atom. The average molecular weight is 132 g/mol. The maximum absolute atomic E-state index is 8.70. The quantitative estimate of drug-likeness (QED) is 0.329. The summed E-state index contributed by atoms with van der Waals surface area (Å²) < 4.78 is 9.34. The standard InChI is InChI=1S/C6H12O3/c1-3-4-9-5-6(7)8-2/h3,6-7H,1,4-5H2,2H3. The van der Waals surface area contributed by atoms with Gasteiger partial charge in [0, 0.05) is 7.11 Å². The number of methoxy groups -OCH3 is 1. The zero-order valence-electron chi connectivity index (χ0n) is 5.54. The maximum Gasteiger partial charge on any atom is 0.177 e. The van der Waals surface area contributed by atoms with E-state index in [-0.39, 0.29) is 6.61 Å². The normalized spacial score (nSPS) is 13.1. The van der Waals surface area contributed by atoms with Crippen LogP contribution in [0.4, 0.5) is 0 Å². The van der Waals surface area contributed by atoms with Gasteiger partial charge in [-0.2, -0.15) is 0 Å². The van der Waals surface area contributed by atoms with Gasteiger partial charge in [0.2, 0.25) is 0 Å². The molecule has 0 aromatic rings. The molecule has 0 aromatic heterocycles. The van der Waals surface area contributed by atoms with E-state index >= 15 is 0 Å². The Morgan fingerprint density at radius 3 is 2.89 bits per heavy atom. The Bertz CT molecular complexity index is 72.7. The van der Waals surface area contributed by atoms with Gasteiger partial charge in [-0.25, -0.2) is 0 Å². The number of rotatable bonds is 5. The smallest absolute Gasteiger partial charge is 0.177 e. The second kappa shape index (κ2) is 5.75. The molecule has 3 nitrogen and oxygen atoms in total. The van der Waals surface area contributed by atoms with Gasteiger partial charge in [-0.15, -0.1) is 6.58 Å². The lowest BCUT2D eigenvalue weighted by Crippen LogP contribution is -2.16. The SMILES string of the molecule is C=CCOCC(O)OC. The minimum atomic E-state index is -0.815. The monoisotopic (exact) mass is 132 g/mol. The Labute approximate surface area is 54.9 Å². The molecule has 0 rings (SSSR count). The van der Waals surface area contributed by atoms with Gasteiger partial charge in [0.05, 0.1) is 13.2 Å². The molecule has 3 heteroatoms. The number of aliphatic hydroxyl groups excluding tert-OH is 1. The lowest BCUT2D eigenvalue weighted by Gasteiger charge is -2.06. The second-order valence-electron chi connectivity index (χ2n) is 1.52. The number of ether oxygens (including phenoxy) is 2. The first-order valence-electron chi connectivity index (χ1n) is 2.70. The fourth-order valence-corrected chi connectivity index (χ4v) is 0.320. The van der Waals surface area contributed by atoms with E-state index in [0.29, 0.717) is 6.61 Å². The van der Waals surface area contributed by atoms with Gasteiger partial charge in [0.25, 0.3) is 0 Å². The summed E-state index contributed by atoms with van der Waals surface area (Å²) in [6, 6.07) is 0. The van der Waals surface area contributed by atoms with Crippen molar-refractivity contribution in [3.05, 3.63) is 12.7 Å². The predicted octanol–water partition coefficient (Wildman–Crippen LogP) is 0.154. The van der Waals surface area contributed by atoms with Gasteiger partial charge in [-0.3, -0.25) is 0 Å². The molecule has 1 unspecified atom stereocenters. The summed E-state index contributed by atoms with van der Waals surface area (Å²) in [4.78, 5) is 0. The van der Waals surface area contributed by atoms with Crippen LogP contribution in [0.15, 0.2) is 12.7 Å². The molecular weight excluding hydrogens is 120 g/mol. The van der Waals surface area contributed by atoms with Crippen LogP contribution in [0, 0.1) is 0 Å². The molecule has 9 heavy (non-hydrogen) atoms. The zero-order chi connectivity index (χ0) is 7.11. The van der Waals surface area contributed by atoms with E-state index < -0.39 is 6.29 Å². The van der Waals surface area contributed by atoms with Crippen molar-refractivity contribution in [2.24, 2.45) is 0 Å². The third kappa shape index (κ3) is 5.49. The van der Waals surface area contributed by atoms with Crippen molar-refractivity contribution < 1.29 is 14.6 Å². The number of hydrogen-bond donors (Lipinski definition) is 1. The van der Waals surface area contributed by atoms with Crippen LogP contribution in [0.3, 0.4) is 0 Å². The van der Waals surface area contributed by atoms with Gasteiger partial charge >= 0.3 is 0 Å². The molecule has 0 aliphatic rings. The molecule has 0 saturated heterocycles. The van der Waals surface area contributed by atoms with Crippen molar-refractivity contribution in [2.75, 3.05) is 20.3 Å². The third-order valence-electron chi connectivity index (χ3n) is 0.768. The first-order chi connectivity index (χ1) is 4.31. The van der Waals surface area contributed by atoms with Crippen molar-refractivity contribution in [3.63, 3.8) is 0 Å². The molecule has 0 amide bonds. The molecule has 0 spiro atoms. The molecular formula is C6H12O3. The van der Waals surface area contributed by atoms with Crippen molar-refractivity contribution in [1.82, 2.24) is 0 Å². The van der Waals surface area contributed by atoms with Crippen LogP contribution in [0.5, 0.6) is 0 Å². The Hall–Kier alpha value is -0.380. The lowest BCUT2D eigenvalue weighted by molar-refractivity contribution is -0.115. The Morgan fingerprint density at radius 1 is 1.78 bits per heavy atom. The maximum atomic E-state index is 8.70. The molecule has 54 valence electrons. The highest BCUT2D eigenvalue weighted by Crippen LogP contribution is 1.84. The highest BCUT2D eigenvalue weighted by molar-refractivity contribution is 4.63. The first-order valence-corrected chi connectivity index (χ1v) is 2.70. The van der Waals surface area contributed by atoms with E-state index in [4.69, 9.17) is 9.84 Å². The van der Waals surface area contributed by atoms with Crippen LogP contribution in [0.2, 0.25) is 0 Å². The molecule has 0 aliphatic heterocycles. The highest BCUT2D eigenvalue weighted by atomic mass is 16.6. The van der Waals surface area contributed by atoms with Crippen molar-refractivity contribution >= 4 is 0 Å². The molecule has 1 atom stereocenters. The minimum absolute atomic E-state index is 0.197. The molecule has 0 aliphatic carbocycles. The van der Waals surface area contributed by atoms with Crippen molar-refractivity contribution in [2.45, 2.75) is 6.29 Å². The van der Waals surface area contributed by atoms with Gasteiger partial charge in [0.1, 0.15) is 0 Å². The molecule has 0 bridgehead atoms. The summed E-state index contributed by atoms with van der Waals surface area (Å²) in [5.74, 6) is 0. The van der Waals surface area contributed by atoms with Gasteiger partial charge in [-0.05, 0) is 0 Å². The van der Waals surface area contributed by atoms with Crippen molar-refractivity contribution in [1.29, 1.82) is 0 Å². The first kappa shape index (κ1) is 8.62. The van der Waals surface area contributed by atoms with E-state index in [9.17, 15) is 0 Å². The molecule has 0 radical (unpaired) electrons. The van der Waals surface area contributed by atoms with Crippen LogP contribution in [0.25, 0.3) is 0 Å². The van der Waals surface area contributed by atoms with Crippen LogP contribution >= 0.6 is 0 Å². The molecule has 0 aromatic carbocycles. The summed E-state index contributed by atoms with van der Waals surface area (Å²) in [6.07, 6.45) is 0.799. The summed E-state index contributed by atoms with van der Waals surface area (Å²) in [5.41, 5.74) is 0. The zero-order valence-corrected chi connectivity index (χ0v) is 5.54. The predicted molar refractivity (Wildman–Crippen MR) is 34.0 cm³/mol. The minimum Gasteiger partial charge on any atom is -0.372 e. The topological polar surface area (TPSA) is 38.7 Å². The fourth-order valence-electron chi connectivity index (χ4n) is 0.320. The fraction of sp³-hybridized carbons (Fsp3) is 0.667. The van der Waals surface area contributed by atoms with E-state index in [1.807, 2.05) is 0 Å². The highest BCUT2D eigenvalue weighted by Gasteiger charge is 1.97. The summed E-state index contributed by atoms with van der Waals surface area (Å²) in [6.45, 7) is 4.08. The number of hydrogen-bond acceptors (Lipinski definition) is 3.